The number of Topliss-reactive ketones (excluding diaryl/α,β-unsaturated/α-hetero) is 1. The van der Waals surface area contributed by atoms with Gasteiger partial charge in [-0.25, -0.2) is 4.79 Å². The predicted octanol–water partition coefficient (Wildman–Crippen LogP) is 6.99. The fourth-order valence-electron chi connectivity index (χ4n) is 4.57. The highest BCUT2D eigenvalue weighted by molar-refractivity contribution is 6.40. The Kier molecular flexibility index (Phi) is 30.6. The topological polar surface area (TPSA) is 98.8 Å². The number of carbonyl (C=O) groups excluding carboxylic acids is 2. The van der Waals surface area contributed by atoms with Gasteiger partial charge >= 0.3 is 5.97 Å². The van der Waals surface area contributed by atoms with Gasteiger partial charge in [0.05, 0.1) is 72.7 Å². The van der Waals surface area contributed by atoms with Gasteiger partial charge in [0.2, 0.25) is 0 Å². The third kappa shape index (κ3) is 28.1. The first-order valence-corrected chi connectivity index (χ1v) is 17.5. The number of esters is 1. The van der Waals surface area contributed by atoms with Crippen molar-refractivity contribution in [3.05, 3.63) is 35.9 Å². The Labute approximate surface area is 272 Å². The molecule has 45 heavy (non-hydrogen) atoms. The zero-order chi connectivity index (χ0) is 32.3. The van der Waals surface area contributed by atoms with Crippen molar-refractivity contribution in [2.75, 3.05) is 85.9 Å². The standard InChI is InChI=1S/C36H62O9/c1-2-3-4-5-6-7-8-9-10-11-12-13-14-18-21-39-22-23-40-24-25-41-26-27-42-28-29-43-30-31-44-32-33-45-36(38)35(37)34-19-16-15-17-20-34/h15-17,19-20H,2-14,18,21-33H2,1H3. The van der Waals surface area contributed by atoms with E-state index in [-0.39, 0.29) is 13.2 Å². The highest BCUT2D eigenvalue weighted by Gasteiger charge is 2.17. The van der Waals surface area contributed by atoms with Crippen LogP contribution in [0.15, 0.2) is 30.3 Å². The van der Waals surface area contributed by atoms with Crippen molar-refractivity contribution in [3.8, 4) is 0 Å². The minimum absolute atomic E-state index is 0.0128. The molecule has 0 N–H and O–H groups in total. The van der Waals surface area contributed by atoms with Gasteiger partial charge in [-0.1, -0.05) is 121 Å². The Morgan fingerprint density at radius 2 is 0.756 bits per heavy atom. The van der Waals surface area contributed by atoms with Gasteiger partial charge in [-0.05, 0) is 6.42 Å². The summed E-state index contributed by atoms with van der Waals surface area (Å²) in [5.74, 6) is -1.55. The van der Waals surface area contributed by atoms with Gasteiger partial charge in [-0.15, -0.1) is 0 Å². The van der Waals surface area contributed by atoms with Crippen LogP contribution in [-0.2, 0) is 38.0 Å². The van der Waals surface area contributed by atoms with E-state index in [2.05, 4.69) is 6.92 Å². The molecule has 0 saturated heterocycles. The second-order valence-corrected chi connectivity index (χ2v) is 11.1. The van der Waals surface area contributed by atoms with Crippen LogP contribution in [0.4, 0.5) is 0 Å². The van der Waals surface area contributed by atoms with E-state index in [1.807, 2.05) is 0 Å². The molecule has 1 aromatic rings. The highest BCUT2D eigenvalue weighted by atomic mass is 16.6. The zero-order valence-electron chi connectivity index (χ0n) is 28.2. The molecule has 0 amide bonds. The first-order chi connectivity index (χ1) is 22.3. The molecule has 0 aliphatic carbocycles. The van der Waals surface area contributed by atoms with Gasteiger partial charge in [0.1, 0.15) is 6.61 Å². The zero-order valence-corrected chi connectivity index (χ0v) is 28.2. The molecule has 0 radical (unpaired) electrons. The van der Waals surface area contributed by atoms with Crippen molar-refractivity contribution in [2.45, 2.75) is 96.8 Å². The average molecular weight is 639 g/mol. The van der Waals surface area contributed by atoms with Crippen molar-refractivity contribution < 1.29 is 42.7 Å². The summed E-state index contributed by atoms with van der Waals surface area (Å²) in [6.07, 6.45) is 19.2. The van der Waals surface area contributed by atoms with E-state index in [1.165, 1.54) is 83.5 Å². The Morgan fingerprint density at radius 3 is 1.16 bits per heavy atom. The second kappa shape index (κ2) is 33.5. The van der Waals surface area contributed by atoms with Crippen LogP contribution in [0.2, 0.25) is 0 Å². The third-order valence-electron chi connectivity index (χ3n) is 7.18. The van der Waals surface area contributed by atoms with E-state index >= 15 is 0 Å². The van der Waals surface area contributed by atoms with Crippen LogP contribution in [0.1, 0.15) is 107 Å². The molecule has 0 spiro atoms. The molecule has 0 unspecified atom stereocenters. The summed E-state index contributed by atoms with van der Waals surface area (Å²) in [6, 6.07) is 8.31. The van der Waals surface area contributed by atoms with Gasteiger partial charge in [0.25, 0.3) is 5.78 Å². The molecule has 1 aromatic carbocycles. The van der Waals surface area contributed by atoms with Crippen LogP contribution in [-0.4, -0.2) is 97.6 Å². The van der Waals surface area contributed by atoms with E-state index in [1.54, 1.807) is 30.3 Å². The number of ketones is 1. The number of ether oxygens (including phenoxy) is 7. The first-order valence-electron chi connectivity index (χ1n) is 17.5. The molecule has 1 rings (SSSR count). The average Bonchev–Trinajstić information content (AvgIpc) is 3.06. The lowest BCUT2D eigenvalue weighted by Gasteiger charge is -2.08. The number of unbranched alkanes of at least 4 members (excludes halogenated alkanes) is 13. The number of rotatable bonds is 35. The van der Waals surface area contributed by atoms with Crippen LogP contribution in [0.5, 0.6) is 0 Å². The minimum Gasteiger partial charge on any atom is -0.457 e. The smallest absolute Gasteiger partial charge is 0.379 e. The Hall–Kier alpha value is -1.88. The van der Waals surface area contributed by atoms with Crippen LogP contribution in [0.3, 0.4) is 0 Å². The van der Waals surface area contributed by atoms with Gasteiger partial charge in [0, 0.05) is 12.2 Å². The van der Waals surface area contributed by atoms with E-state index in [0.717, 1.165) is 13.0 Å². The van der Waals surface area contributed by atoms with Crippen LogP contribution >= 0.6 is 0 Å². The Bertz CT molecular complexity index is 775. The van der Waals surface area contributed by atoms with Gasteiger partial charge in [-0.2, -0.15) is 0 Å². The van der Waals surface area contributed by atoms with E-state index in [0.29, 0.717) is 71.6 Å². The maximum atomic E-state index is 11.9. The molecule has 0 aromatic heterocycles. The van der Waals surface area contributed by atoms with Crippen LogP contribution in [0, 0.1) is 0 Å². The van der Waals surface area contributed by atoms with Crippen molar-refractivity contribution in [1.82, 2.24) is 0 Å². The van der Waals surface area contributed by atoms with Gasteiger partial charge < -0.3 is 33.2 Å². The summed E-state index contributed by atoms with van der Waals surface area (Å²) < 4.78 is 37.9. The number of carbonyl (C=O) groups is 2. The normalized spacial score (nSPS) is 11.2. The third-order valence-corrected chi connectivity index (χ3v) is 7.18. The maximum Gasteiger partial charge on any atom is 0.379 e. The molecule has 0 aliphatic rings. The summed E-state index contributed by atoms with van der Waals surface area (Å²) in [5.41, 5.74) is 0.307. The lowest BCUT2D eigenvalue weighted by molar-refractivity contribution is -0.139. The highest BCUT2D eigenvalue weighted by Crippen LogP contribution is 2.13. The summed E-state index contributed by atoms with van der Waals surface area (Å²) in [4.78, 5) is 23.6. The van der Waals surface area contributed by atoms with Crippen LogP contribution in [0.25, 0.3) is 0 Å². The second-order valence-electron chi connectivity index (χ2n) is 11.1. The molecule has 0 bridgehead atoms. The molecule has 0 heterocycles. The monoisotopic (exact) mass is 638 g/mol. The number of hydrogen-bond acceptors (Lipinski definition) is 9. The SMILES string of the molecule is CCCCCCCCCCCCCCCCOCCOCCOCCOCCOCCOCCOC(=O)C(=O)c1ccccc1. The van der Waals surface area contributed by atoms with E-state index in [9.17, 15) is 9.59 Å². The summed E-state index contributed by atoms with van der Waals surface area (Å²) >= 11 is 0. The quantitative estimate of drug-likeness (QED) is 0.0337. The fourth-order valence-corrected chi connectivity index (χ4v) is 4.57. The summed E-state index contributed by atoms with van der Waals surface area (Å²) in [7, 11) is 0. The first kappa shape index (κ1) is 41.1. The molecular formula is C36H62O9. The van der Waals surface area contributed by atoms with Crippen LogP contribution < -0.4 is 0 Å². The lowest BCUT2D eigenvalue weighted by Crippen LogP contribution is -2.20. The van der Waals surface area contributed by atoms with E-state index < -0.39 is 11.8 Å². The molecular weight excluding hydrogens is 576 g/mol. The number of hydrogen-bond donors (Lipinski definition) is 0. The van der Waals surface area contributed by atoms with Crippen molar-refractivity contribution in [1.29, 1.82) is 0 Å². The minimum atomic E-state index is -0.884. The molecule has 0 aliphatic heterocycles. The maximum absolute atomic E-state index is 11.9. The van der Waals surface area contributed by atoms with Crippen molar-refractivity contribution in [3.63, 3.8) is 0 Å². The molecule has 260 valence electrons. The van der Waals surface area contributed by atoms with Gasteiger partial charge in [-0.3, -0.25) is 4.79 Å². The molecule has 0 atom stereocenters. The van der Waals surface area contributed by atoms with E-state index in [4.69, 9.17) is 33.2 Å². The Morgan fingerprint density at radius 1 is 0.422 bits per heavy atom. The molecule has 0 saturated carbocycles. The lowest BCUT2D eigenvalue weighted by atomic mass is 10.0. The number of benzene rings is 1. The molecule has 9 nitrogen and oxygen atoms in total. The fraction of sp³-hybridized carbons (Fsp3) is 0.778. The largest absolute Gasteiger partial charge is 0.457 e. The molecule has 0 fully saturated rings. The summed E-state index contributed by atoms with van der Waals surface area (Å²) in [6.45, 7) is 8.30. The predicted molar refractivity (Wildman–Crippen MR) is 177 cm³/mol. The Balaban J connectivity index is 1.67. The molecule has 9 heteroatoms. The summed E-state index contributed by atoms with van der Waals surface area (Å²) in [5, 5.41) is 0. The van der Waals surface area contributed by atoms with Crippen molar-refractivity contribution >= 4 is 11.8 Å². The van der Waals surface area contributed by atoms with Crippen molar-refractivity contribution in [2.24, 2.45) is 0 Å². The van der Waals surface area contributed by atoms with Gasteiger partial charge in [0.15, 0.2) is 0 Å².